The third-order valence-electron chi connectivity index (χ3n) is 4.72. The summed E-state index contributed by atoms with van der Waals surface area (Å²) in [6.07, 6.45) is 5.84. The van der Waals surface area contributed by atoms with E-state index in [1.807, 2.05) is 41.4 Å². The monoisotopic (exact) mass is 372 g/mol. The highest BCUT2D eigenvalue weighted by molar-refractivity contribution is 5.72. The minimum Gasteiger partial charge on any atom is -0.469 e. The number of hydrogen-bond donors (Lipinski definition) is 0. The van der Waals surface area contributed by atoms with E-state index in [1.54, 1.807) is 6.20 Å². The van der Waals surface area contributed by atoms with Gasteiger partial charge >= 0.3 is 5.97 Å². The number of carbonyl (C=O) groups excluding carboxylic acids is 1. The number of rotatable bonds is 4. The zero-order valence-electron chi connectivity index (χ0n) is 16.7. The average molecular weight is 372 g/mol. The molecule has 0 saturated heterocycles. The normalized spacial score (nSPS) is 10.5. The molecule has 0 amide bonds. The molecule has 0 unspecified atom stereocenters. The first-order chi connectivity index (χ1) is 13.5. The lowest BCUT2D eigenvalue weighted by Crippen LogP contribution is -2.04. The summed E-state index contributed by atoms with van der Waals surface area (Å²) in [5, 5.41) is 0. The molecule has 142 valence electrons. The summed E-state index contributed by atoms with van der Waals surface area (Å²) in [5.41, 5.74) is 6.46. The summed E-state index contributed by atoms with van der Waals surface area (Å²) in [4.78, 5) is 15.5. The number of carbonyl (C=O) groups is 1. The number of methoxy groups -OCH3 is 1. The van der Waals surface area contributed by atoms with Gasteiger partial charge in [0, 0.05) is 23.5 Å². The highest BCUT2D eigenvalue weighted by Crippen LogP contribution is 2.28. The molecule has 1 heterocycles. The van der Waals surface area contributed by atoms with Crippen molar-refractivity contribution in [1.29, 1.82) is 0 Å². The van der Waals surface area contributed by atoms with E-state index in [2.05, 4.69) is 49.7 Å². The molecule has 1 aromatic heterocycles. The Kier molecular flexibility index (Phi) is 5.96. The number of aromatic nitrogens is 2. The van der Waals surface area contributed by atoms with E-state index in [1.165, 1.54) is 18.2 Å². The second kappa shape index (κ2) is 8.58. The molecular weight excluding hydrogens is 348 g/mol. The Morgan fingerprint density at radius 3 is 2.50 bits per heavy atom. The van der Waals surface area contributed by atoms with E-state index in [0.29, 0.717) is 5.92 Å². The van der Waals surface area contributed by atoms with Gasteiger partial charge in [-0.2, -0.15) is 0 Å². The Morgan fingerprint density at radius 1 is 1.14 bits per heavy atom. The molecule has 0 aliphatic carbocycles. The van der Waals surface area contributed by atoms with Crippen molar-refractivity contribution in [2.75, 3.05) is 7.11 Å². The van der Waals surface area contributed by atoms with Crippen molar-refractivity contribution < 1.29 is 9.53 Å². The van der Waals surface area contributed by atoms with Gasteiger partial charge in [-0.3, -0.25) is 4.79 Å². The summed E-state index contributed by atoms with van der Waals surface area (Å²) < 4.78 is 6.74. The molecule has 3 aromatic rings. The fourth-order valence-electron chi connectivity index (χ4n) is 3.29. The maximum absolute atomic E-state index is 11.4. The summed E-state index contributed by atoms with van der Waals surface area (Å²) >= 11 is 0. The van der Waals surface area contributed by atoms with Crippen molar-refractivity contribution in [2.45, 2.75) is 33.1 Å². The maximum Gasteiger partial charge on any atom is 0.309 e. The highest BCUT2D eigenvalue weighted by Gasteiger charge is 2.13. The molecule has 0 aliphatic heterocycles. The number of ether oxygens (including phenoxy) is 1. The van der Waals surface area contributed by atoms with Crippen LogP contribution in [0, 0.1) is 18.8 Å². The molecule has 4 heteroatoms. The van der Waals surface area contributed by atoms with E-state index >= 15 is 0 Å². The number of hydrogen-bond acceptors (Lipinski definition) is 3. The first-order valence-electron chi connectivity index (χ1n) is 9.29. The molecule has 28 heavy (non-hydrogen) atoms. The quantitative estimate of drug-likeness (QED) is 0.503. The Labute approximate surface area is 166 Å². The van der Waals surface area contributed by atoms with Crippen LogP contribution in [0.5, 0.6) is 0 Å². The fourth-order valence-corrected chi connectivity index (χ4v) is 3.29. The lowest BCUT2D eigenvalue weighted by atomic mass is 9.92. The van der Waals surface area contributed by atoms with Gasteiger partial charge in [-0.25, -0.2) is 4.98 Å². The van der Waals surface area contributed by atoms with Crippen LogP contribution in [-0.4, -0.2) is 22.6 Å². The molecule has 2 aromatic carbocycles. The Balaban J connectivity index is 1.90. The van der Waals surface area contributed by atoms with Gasteiger partial charge in [0.25, 0.3) is 0 Å². The molecule has 0 radical (unpaired) electrons. The van der Waals surface area contributed by atoms with Crippen molar-refractivity contribution in [3.63, 3.8) is 0 Å². The molecule has 0 spiro atoms. The predicted octanol–water partition coefficient (Wildman–Crippen LogP) is 4.42. The largest absolute Gasteiger partial charge is 0.469 e. The van der Waals surface area contributed by atoms with Crippen molar-refractivity contribution in [3.8, 4) is 17.5 Å². The first kappa shape index (κ1) is 19.4. The van der Waals surface area contributed by atoms with Crippen LogP contribution in [0.1, 0.15) is 47.6 Å². The smallest absolute Gasteiger partial charge is 0.309 e. The number of benzene rings is 2. The van der Waals surface area contributed by atoms with Crippen LogP contribution in [0.2, 0.25) is 0 Å². The minimum atomic E-state index is -0.242. The zero-order chi connectivity index (χ0) is 20.1. The van der Waals surface area contributed by atoms with Gasteiger partial charge in [0.05, 0.1) is 25.5 Å². The Hall–Kier alpha value is -3.32. The van der Waals surface area contributed by atoms with Crippen LogP contribution in [0.3, 0.4) is 0 Å². The molecule has 0 N–H and O–H groups in total. The Morgan fingerprint density at radius 2 is 1.89 bits per heavy atom. The van der Waals surface area contributed by atoms with Gasteiger partial charge in [-0.15, -0.1) is 0 Å². The fraction of sp³-hybridized carbons (Fsp3) is 0.250. The molecule has 3 rings (SSSR count). The number of esters is 1. The molecule has 0 saturated carbocycles. The van der Waals surface area contributed by atoms with Gasteiger partial charge in [0.15, 0.2) is 0 Å². The van der Waals surface area contributed by atoms with Crippen LogP contribution in [0.25, 0.3) is 5.69 Å². The lowest BCUT2D eigenvalue weighted by molar-refractivity contribution is -0.139. The third kappa shape index (κ3) is 4.32. The Bertz CT molecular complexity index is 1020. The van der Waals surface area contributed by atoms with Crippen LogP contribution in [0.15, 0.2) is 55.1 Å². The topological polar surface area (TPSA) is 44.1 Å². The van der Waals surface area contributed by atoms with Gasteiger partial charge in [0.2, 0.25) is 0 Å². The van der Waals surface area contributed by atoms with Crippen LogP contribution in [-0.2, 0) is 16.0 Å². The van der Waals surface area contributed by atoms with Crippen molar-refractivity contribution in [1.82, 2.24) is 9.55 Å². The van der Waals surface area contributed by atoms with Crippen LogP contribution < -0.4 is 0 Å². The lowest BCUT2D eigenvalue weighted by Gasteiger charge is -2.17. The second-order valence-electron chi connectivity index (χ2n) is 7.00. The second-order valence-corrected chi connectivity index (χ2v) is 7.00. The zero-order valence-corrected chi connectivity index (χ0v) is 16.7. The number of nitrogens with zero attached hydrogens (tertiary/aromatic N) is 2. The molecule has 4 nitrogen and oxygen atoms in total. The number of imidazole rings is 1. The predicted molar refractivity (Wildman–Crippen MR) is 111 cm³/mol. The van der Waals surface area contributed by atoms with E-state index in [-0.39, 0.29) is 12.4 Å². The maximum atomic E-state index is 11.4. The van der Waals surface area contributed by atoms with Gasteiger partial charge in [-0.05, 0) is 53.8 Å². The third-order valence-corrected chi connectivity index (χ3v) is 4.72. The molecule has 0 fully saturated rings. The average Bonchev–Trinajstić information content (AvgIpc) is 3.22. The molecule has 0 atom stereocenters. The summed E-state index contributed by atoms with van der Waals surface area (Å²) in [6, 6.07) is 11.9. The first-order valence-corrected chi connectivity index (χ1v) is 9.29. The summed E-state index contributed by atoms with van der Waals surface area (Å²) in [5.74, 6) is 6.66. The van der Waals surface area contributed by atoms with Gasteiger partial charge in [0.1, 0.15) is 0 Å². The molecular formula is C24H24N2O2. The van der Waals surface area contributed by atoms with Gasteiger partial charge < -0.3 is 9.30 Å². The SMILES string of the molecule is COC(=O)Cc1ccc(C#Cc2ccc(-n3ccnc3)c(C(C)C)c2C)cc1. The van der Waals surface area contributed by atoms with Crippen LogP contribution in [0.4, 0.5) is 0 Å². The summed E-state index contributed by atoms with van der Waals surface area (Å²) in [6.45, 7) is 6.51. The van der Waals surface area contributed by atoms with E-state index in [0.717, 1.165) is 22.4 Å². The summed E-state index contributed by atoms with van der Waals surface area (Å²) in [7, 11) is 1.40. The van der Waals surface area contributed by atoms with E-state index in [9.17, 15) is 4.79 Å². The molecule has 0 bridgehead atoms. The minimum absolute atomic E-state index is 0.242. The van der Waals surface area contributed by atoms with Crippen molar-refractivity contribution >= 4 is 5.97 Å². The highest BCUT2D eigenvalue weighted by atomic mass is 16.5. The standard InChI is InChI=1S/C24H24N2O2/c1-17(2)24-18(3)21(11-12-22(24)26-14-13-25-16-26)10-9-19-5-7-20(8-6-19)15-23(27)28-4/h5-8,11-14,16-17H,15H2,1-4H3. The van der Waals surface area contributed by atoms with E-state index < -0.39 is 0 Å². The van der Waals surface area contributed by atoms with E-state index in [4.69, 9.17) is 4.74 Å². The van der Waals surface area contributed by atoms with Crippen LogP contribution >= 0.6 is 0 Å². The van der Waals surface area contributed by atoms with Crippen molar-refractivity contribution in [2.24, 2.45) is 0 Å². The van der Waals surface area contributed by atoms with Crippen molar-refractivity contribution in [3.05, 3.63) is 82.9 Å². The van der Waals surface area contributed by atoms with Gasteiger partial charge in [-0.1, -0.05) is 37.8 Å². The molecule has 0 aliphatic rings.